The Morgan fingerprint density at radius 1 is 1.47 bits per heavy atom. The Bertz CT molecular complexity index is 279. The highest BCUT2D eigenvalue weighted by atomic mass is 31.0. The van der Waals surface area contributed by atoms with Crippen LogP contribution in [-0.2, 0) is 9.53 Å². The van der Waals surface area contributed by atoms with E-state index in [1.807, 2.05) is 0 Å². The summed E-state index contributed by atoms with van der Waals surface area (Å²) >= 11 is 0. The highest BCUT2D eigenvalue weighted by molar-refractivity contribution is 7.13. The molecule has 0 radical (unpaired) electrons. The van der Waals surface area contributed by atoms with Gasteiger partial charge in [-0.05, 0) is 20.8 Å². The van der Waals surface area contributed by atoms with Crippen LogP contribution in [0.2, 0.25) is 0 Å². The van der Waals surface area contributed by atoms with E-state index in [0.29, 0.717) is 0 Å². The highest BCUT2D eigenvalue weighted by Gasteiger charge is 2.25. The van der Waals surface area contributed by atoms with E-state index < -0.39 is 30.4 Å². The molecule has 3 N–H and O–H groups in total. The molecule has 0 heterocycles. The maximum atomic E-state index is 11.6. The van der Waals surface area contributed by atoms with Gasteiger partial charge in [0.05, 0.1) is 6.54 Å². The van der Waals surface area contributed by atoms with Gasteiger partial charge < -0.3 is 14.9 Å². The van der Waals surface area contributed by atoms with Crippen molar-refractivity contribution in [1.82, 2.24) is 9.99 Å². The summed E-state index contributed by atoms with van der Waals surface area (Å²) in [5.41, 5.74) is -0.715. The molecule has 0 aliphatic rings. The Balaban J connectivity index is 4.56. The van der Waals surface area contributed by atoms with Gasteiger partial charge in [0.25, 0.3) is 0 Å². The zero-order chi connectivity index (χ0) is 13.6. The zero-order valence-corrected chi connectivity index (χ0v) is 11.3. The molecule has 7 nitrogen and oxygen atoms in total. The van der Waals surface area contributed by atoms with Crippen LogP contribution in [0.25, 0.3) is 0 Å². The van der Waals surface area contributed by atoms with Gasteiger partial charge >= 0.3 is 12.1 Å². The van der Waals surface area contributed by atoms with E-state index >= 15 is 0 Å². The first kappa shape index (κ1) is 16.1. The van der Waals surface area contributed by atoms with Gasteiger partial charge in [0.1, 0.15) is 18.4 Å². The molecule has 0 aliphatic heterocycles. The average Bonchev–Trinajstić information content (AvgIpc) is 2.13. The van der Waals surface area contributed by atoms with E-state index in [-0.39, 0.29) is 6.54 Å². The van der Waals surface area contributed by atoms with Crippen molar-refractivity contribution < 1.29 is 24.5 Å². The first-order valence-corrected chi connectivity index (χ1v) is 5.57. The summed E-state index contributed by atoms with van der Waals surface area (Å²) in [6.45, 7) is 4.32. The van der Waals surface area contributed by atoms with Gasteiger partial charge in [-0.15, -0.1) is 0 Å². The van der Waals surface area contributed by atoms with Gasteiger partial charge in [-0.25, -0.2) is 4.79 Å². The maximum absolute atomic E-state index is 11.6. The van der Waals surface area contributed by atoms with Crippen molar-refractivity contribution >= 4 is 21.5 Å². The molecule has 0 aromatic carbocycles. The Morgan fingerprint density at radius 3 is 2.35 bits per heavy atom. The van der Waals surface area contributed by atoms with Crippen LogP contribution < -0.4 is 5.09 Å². The van der Waals surface area contributed by atoms with Crippen molar-refractivity contribution in [3.8, 4) is 0 Å². The fourth-order valence-electron chi connectivity index (χ4n) is 0.955. The Kier molecular flexibility index (Phi) is 6.37. The molecule has 0 bridgehead atoms. The van der Waals surface area contributed by atoms with Crippen molar-refractivity contribution in [1.29, 1.82) is 0 Å². The SMILES string of the molecule is CC(C)(C)OC(=O)N(CC(=O)O)CC(O)NP. The number of rotatable bonds is 5. The van der Waals surface area contributed by atoms with Gasteiger partial charge in [-0.3, -0.25) is 14.8 Å². The first-order chi connectivity index (χ1) is 7.65. The first-order valence-electron chi connectivity index (χ1n) is 4.99. The lowest BCUT2D eigenvalue weighted by atomic mass is 10.2. The molecule has 2 unspecified atom stereocenters. The van der Waals surface area contributed by atoms with Crippen molar-refractivity contribution in [2.24, 2.45) is 0 Å². The van der Waals surface area contributed by atoms with Crippen LogP contribution in [0.4, 0.5) is 4.79 Å². The predicted octanol–water partition coefficient (Wildman–Crippen LogP) is 0.00620. The minimum absolute atomic E-state index is 0.176. The van der Waals surface area contributed by atoms with Gasteiger partial charge in [-0.2, -0.15) is 0 Å². The minimum atomic E-state index is -1.17. The quantitative estimate of drug-likeness (QED) is 0.479. The molecule has 0 aromatic heterocycles. The second-order valence-corrected chi connectivity index (χ2v) is 4.77. The normalized spacial score (nSPS) is 13.0. The summed E-state index contributed by atoms with van der Waals surface area (Å²) in [5, 5.41) is 20.4. The van der Waals surface area contributed by atoms with E-state index in [9.17, 15) is 14.7 Å². The third-order valence-electron chi connectivity index (χ3n) is 1.56. The van der Waals surface area contributed by atoms with Gasteiger partial charge in [0.15, 0.2) is 0 Å². The number of carboxylic acids is 1. The maximum Gasteiger partial charge on any atom is 0.410 e. The van der Waals surface area contributed by atoms with Crippen LogP contribution in [-0.4, -0.2) is 52.1 Å². The fourth-order valence-corrected chi connectivity index (χ4v) is 1.06. The summed E-state index contributed by atoms with van der Waals surface area (Å²) in [6.07, 6.45) is -1.81. The monoisotopic (exact) mass is 266 g/mol. The summed E-state index contributed by atoms with van der Waals surface area (Å²) in [7, 11) is 2.07. The number of nitrogens with one attached hydrogen (secondary N) is 1. The Hall–Kier alpha value is -0.910. The van der Waals surface area contributed by atoms with Gasteiger partial charge in [-0.1, -0.05) is 9.39 Å². The van der Waals surface area contributed by atoms with E-state index in [2.05, 4.69) is 14.5 Å². The average molecular weight is 266 g/mol. The molecule has 1 amide bonds. The van der Waals surface area contributed by atoms with Crippen LogP contribution in [0.15, 0.2) is 0 Å². The number of hydrogen-bond donors (Lipinski definition) is 3. The molecule has 0 fully saturated rings. The van der Waals surface area contributed by atoms with E-state index in [4.69, 9.17) is 9.84 Å². The summed E-state index contributed by atoms with van der Waals surface area (Å²) in [4.78, 5) is 23.1. The number of hydrogen-bond acceptors (Lipinski definition) is 5. The molecule has 0 saturated heterocycles. The van der Waals surface area contributed by atoms with E-state index in [1.165, 1.54) is 0 Å². The topological polar surface area (TPSA) is 99.1 Å². The Morgan fingerprint density at radius 2 is 2.00 bits per heavy atom. The number of carbonyl (C=O) groups is 2. The predicted molar refractivity (Wildman–Crippen MR) is 64.3 cm³/mol. The lowest BCUT2D eigenvalue weighted by Gasteiger charge is -2.27. The second-order valence-electron chi connectivity index (χ2n) is 4.44. The molecule has 0 saturated carbocycles. The number of aliphatic carboxylic acids is 1. The fraction of sp³-hybridized carbons (Fsp3) is 0.778. The molecule has 100 valence electrons. The smallest absolute Gasteiger partial charge is 0.410 e. The van der Waals surface area contributed by atoms with Gasteiger partial charge in [0, 0.05) is 0 Å². The molecule has 0 aromatic rings. The largest absolute Gasteiger partial charge is 0.480 e. The van der Waals surface area contributed by atoms with Crippen molar-refractivity contribution in [3.63, 3.8) is 0 Å². The lowest BCUT2D eigenvalue weighted by Crippen LogP contribution is -2.45. The zero-order valence-electron chi connectivity index (χ0n) is 10.1. The Labute approximate surface area is 102 Å². The molecular weight excluding hydrogens is 247 g/mol. The molecule has 8 heteroatoms. The minimum Gasteiger partial charge on any atom is -0.480 e. The number of aliphatic hydroxyl groups is 1. The molecule has 0 spiro atoms. The number of aliphatic hydroxyl groups excluding tert-OH is 1. The molecule has 0 aliphatic carbocycles. The number of nitrogens with zero attached hydrogens (tertiary/aromatic N) is 1. The third kappa shape index (κ3) is 7.90. The van der Waals surface area contributed by atoms with Crippen molar-refractivity contribution in [2.45, 2.75) is 32.6 Å². The van der Waals surface area contributed by atoms with Crippen LogP contribution in [0.1, 0.15) is 20.8 Å². The van der Waals surface area contributed by atoms with E-state index in [0.717, 1.165) is 4.90 Å². The van der Waals surface area contributed by atoms with Crippen LogP contribution in [0.5, 0.6) is 0 Å². The molecule has 0 rings (SSSR count). The summed E-state index contributed by atoms with van der Waals surface area (Å²) < 4.78 is 5.02. The van der Waals surface area contributed by atoms with Crippen LogP contribution in [0, 0.1) is 0 Å². The number of ether oxygens (including phenoxy) is 1. The number of carbonyl (C=O) groups excluding carboxylic acids is 1. The summed E-state index contributed by atoms with van der Waals surface area (Å²) in [5.74, 6) is -1.17. The molecule has 17 heavy (non-hydrogen) atoms. The van der Waals surface area contributed by atoms with Crippen molar-refractivity contribution in [2.75, 3.05) is 13.1 Å². The molecule has 2 atom stereocenters. The number of amides is 1. The second kappa shape index (κ2) is 6.74. The standard InChI is InChI=1S/C9H19N2O5P/c1-9(2,3)16-8(15)11(5-7(13)14)4-6(12)10-17/h6,10,12H,4-5,17H2,1-3H3,(H,13,14). The van der Waals surface area contributed by atoms with Gasteiger partial charge in [0.2, 0.25) is 0 Å². The summed E-state index contributed by atoms with van der Waals surface area (Å²) in [6, 6.07) is 0. The number of carboxylic acid groups (broad SMARTS) is 1. The molecular formula is C9H19N2O5P. The lowest BCUT2D eigenvalue weighted by molar-refractivity contribution is -0.138. The van der Waals surface area contributed by atoms with Crippen LogP contribution in [0.3, 0.4) is 0 Å². The van der Waals surface area contributed by atoms with E-state index in [1.54, 1.807) is 20.8 Å². The third-order valence-corrected chi connectivity index (χ3v) is 1.95. The van der Waals surface area contributed by atoms with Crippen LogP contribution >= 0.6 is 9.39 Å². The highest BCUT2D eigenvalue weighted by Crippen LogP contribution is 2.10. The van der Waals surface area contributed by atoms with Crippen molar-refractivity contribution in [3.05, 3.63) is 0 Å².